The third kappa shape index (κ3) is 4.75. The molecule has 1 aliphatic rings. The van der Waals surface area contributed by atoms with Crippen molar-refractivity contribution < 1.29 is 9.53 Å². The van der Waals surface area contributed by atoms with Crippen molar-refractivity contribution in [1.29, 1.82) is 0 Å². The summed E-state index contributed by atoms with van der Waals surface area (Å²) in [6, 6.07) is 0.221. The van der Waals surface area contributed by atoms with Gasteiger partial charge in [-0.2, -0.15) is 0 Å². The van der Waals surface area contributed by atoms with Crippen molar-refractivity contribution in [2.24, 2.45) is 5.92 Å². The lowest BCUT2D eigenvalue weighted by atomic mass is 9.85. The topological polar surface area (TPSA) is 56.2 Å². The molecule has 1 aliphatic carbocycles. The van der Waals surface area contributed by atoms with E-state index in [0.717, 1.165) is 31.5 Å². The first-order valence-electron chi connectivity index (χ1n) is 8.22. The zero-order valence-electron chi connectivity index (χ0n) is 14.5. The van der Waals surface area contributed by atoms with Gasteiger partial charge in [0.2, 0.25) is 0 Å². The lowest BCUT2D eigenvalue weighted by Crippen LogP contribution is -2.42. The van der Waals surface area contributed by atoms with E-state index in [1.165, 1.54) is 12.1 Å². The van der Waals surface area contributed by atoms with E-state index in [1.54, 1.807) is 0 Å². The second-order valence-corrected chi connectivity index (χ2v) is 7.44. The Bertz CT molecular complexity index is 516. The van der Waals surface area contributed by atoms with Gasteiger partial charge in [-0.05, 0) is 59.8 Å². The van der Waals surface area contributed by atoms with Crippen molar-refractivity contribution in [1.82, 2.24) is 14.9 Å². The van der Waals surface area contributed by atoms with Gasteiger partial charge in [-0.1, -0.05) is 6.42 Å². The Morgan fingerprint density at radius 3 is 2.73 bits per heavy atom. The minimum absolute atomic E-state index is 0.221. The number of aryl methyl sites for hydroxylation is 1. The van der Waals surface area contributed by atoms with Gasteiger partial charge in [0.1, 0.15) is 5.60 Å². The summed E-state index contributed by atoms with van der Waals surface area (Å²) in [7, 11) is 0. The Morgan fingerprint density at radius 2 is 2.14 bits per heavy atom. The number of amides is 1. The molecule has 0 aliphatic heterocycles. The zero-order valence-corrected chi connectivity index (χ0v) is 14.5. The number of rotatable bonds is 3. The first-order chi connectivity index (χ1) is 10.2. The van der Waals surface area contributed by atoms with Gasteiger partial charge in [0.15, 0.2) is 0 Å². The molecule has 22 heavy (non-hydrogen) atoms. The number of hydrogen-bond acceptors (Lipinski definition) is 3. The first-order valence-corrected chi connectivity index (χ1v) is 8.22. The number of aromatic nitrogens is 2. The van der Waals surface area contributed by atoms with Gasteiger partial charge < -0.3 is 14.6 Å². The molecule has 0 aromatic carbocycles. The standard InChI is InChI=1S/C17H29N3O2/c1-12-13(2)20(11-18-12)10-14-7-6-8-15(9-14)19-16(21)22-17(3,4)5/h11,14-15H,6-10H2,1-5H3,(H,19,21). The molecule has 2 atom stereocenters. The number of imidazole rings is 1. The van der Waals surface area contributed by atoms with Gasteiger partial charge in [-0.3, -0.25) is 0 Å². The van der Waals surface area contributed by atoms with Crippen LogP contribution in [0, 0.1) is 19.8 Å². The molecule has 0 saturated heterocycles. The highest BCUT2D eigenvalue weighted by Gasteiger charge is 2.26. The SMILES string of the molecule is Cc1ncn(CC2CCCC(NC(=O)OC(C)(C)C)C2)c1C. The quantitative estimate of drug-likeness (QED) is 0.928. The fraction of sp³-hybridized carbons (Fsp3) is 0.765. The van der Waals surface area contributed by atoms with Crippen molar-refractivity contribution in [3.63, 3.8) is 0 Å². The second kappa shape index (κ2) is 6.71. The van der Waals surface area contributed by atoms with Crippen LogP contribution >= 0.6 is 0 Å². The van der Waals surface area contributed by atoms with E-state index in [1.807, 2.05) is 34.0 Å². The molecule has 0 spiro atoms. The monoisotopic (exact) mass is 307 g/mol. The normalized spacial score (nSPS) is 22.4. The molecule has 1 amide bonds. The molecule has 1 fully saturated rings. The average molecular weight is 307 g/mol. The number of nitrogens with one attached hydrogen (secondary N) is 1. The van der Waals surface area contributed by atoms with Crippen molar-refractivity contribution in [3.05, 3.63) is 17.7 Å². The van der Waals surface area contributed by atoms with Crippen LogP contribution in [-0.2, 0) is 11.3 Å². The molecule has 0 radical (unpaired) electrons. The van der Waals surface area contributed by atoms with Crippen LogP contribution in [0.4, 0.5) is 4.79 Å². The molecular formula is C17H29N3O2. The summed E-state index contributed by atoms with van der Waals surface area (Å²) < 4.78 is 7.58. The lowest BCUT2D eigenvalue weighted by Gasteiger charge is -2.31. The summed E-state index contributed by atoms with van der Waals surface area (Å²) in [5.41, 5.74) is 1.89. The van der Waals surface area contributed by atoms with Crippen LogP contribution in [0.3, 0.4) is 0 Å². The maximum atomic E-state index is 11.9. The highest BCUT2D eigenvalue weighted by Crippen LogP contribution is 2.26. The van der Waals surface area contributed by atoms with Gasteiger partial charge in [-0.25, -0.2) is 9.78 Å². The molecule has 0 bridgehead atoms. The predicted molar refractivity (Wildman–Crippen MR) is 86.8 cm³/mol. The fourth-order valence-corrected chi connectivity index (χ4v) is 3.07. The van der Waals surface area contributed by atoms with Crippen LogP contribution in [0.5, 0.6) is 0 Å². The molecule has 5 heteroatoms. The number of alkyl carbamates (subject to hydrolysis) is 1. The maximum Gasteiger partial charge on any atom is 0.407 e. The van der Waals surface area contributed by atoms with E-state index in [2.05, 4.69) is 21.8 Å². The Morgan fingerprint density at radius 1 is 1.41 bits per heavy atom. The third-order valence-corrected chi connectivity index (χ3v) is 4.30. The summed E-state index contributed by atoms with van der Waals surface area (Å²) >= 11 is 0. The fourth-order valence-electron chi connectivity index (χ4n) is 3.07. The van der Waals surface area contributed by atoms with Gasteiger partial charge in [0.05, 0.1) is 12.0 Å². The van der Waals surface area contributed by atoms with Crippen LogP contribution in [-0.4, -0.2) is 27.3 Å². The lowest BCUT2D eigenvalue weighted by molar-refractivity contribution is 0.0483. The summed E-state index contributed by atoms with van der Waals surface area (Å²) in [6.07, 6.45) is 6.04. The summed E-state index contributed by atoms with van der Waals surface area (Å²) in [5, 5.41) is 3.02. The summed E-state index contributed by atoms with van der Waals surface area (Å²) in [5.74, 6) is 0.584. The second-order valence-electron chi connectivity index (χ2n) is 7.44. The summed E-state index contributed by atoms with van der Waals surface area (Å²) in [4.78, 5) is 16.3. The van der Waals surface area contributed by atoms with E-state index in [0.29, 0.717) is 5.92 Å². The number of ether oxygens (including phenoxy) is 1. The molecule has 5 nitrogen and oxygen atoms in total. The van der Waals surface area contributed by atoms with Gasteiger partial charge >= 0.3 is 6.09 Å². The van der Waals surface area contributed by atoms with E-state index in [9.17, 15) is 4.79 Å². The predicted octanol–water partition coefficient (Wildman–Crippen LogP) is 3.58. The van der Waals surface area contributed by atoms with Gasteiger partial charge in [0, 0.05) is 18.3 Å². The van der Waals surface area contributed by atoms with Gasteiger partial charge in [0.25, 0.3) is 0 Å². The molecule has 124 valence electrons. The van der Waals surface area contributed by atoms with Crippen molar-refractivity contribution in [2.75, 3.05) is 0 Å². The molecular weight excluding hydrogens is 278 g/mol. The maximum absolute atomic E-state index is 11.9. The minimum atomic E-state index is -0.441. The Hall–Kier alpha value is -1.52. The molecule has 2 rings (SSSR count). The smallest absolute Gasteiger partial charge is 0.407 e. The van der Waals surface area contributed by atoms with E-state index in [4.69, 9.17) is 4.74 Å². The minimum Gasteiger partial charge on any atom is -0.444 e. The average Bonchev–Trinajstić information content (AvgIpc) is 2.69. The van der Waals surface area contributed by atoms with Crippen molar-refractivity contribution in [2.45, 2.75) is 78.5 Å². The van der Waals surface area contributed by atoms with Crippen LogP contribution in [0.2, 0.25) is 0 Å². The number of carbonyl (C=O) groups is 1. The number of nitrogens with zero attached hydrogens (tertiary/aromatic N) is 2. The van der Waals surface area contributed by atoms with Crippen LogP contribution in [0.15, 0.2) is 6.33 Å². The summed E-state index contributed by atoms with van der Waals surface area (Å²) in [6.45, 7) is 10.8. The zero-order chi connectivity index (χ0) is 16.3. The van der Waals surface area contributed by atoms with E-state index >= 15 is 0 Å². The van der Waals surface area contributed by atoms with Crippen molar-refractivity contribution in [3.8, 4) is 0 Å². The van der Waals surface area contributed by atoms with Crippen LogP contribution in [0.25, 0.3) is 0 Å². The Labute approximate surface area is 133 Å². The van der Waals surface area contributed by atoms with E-state index in [-0.39, 0.29) is 12.1 Å². The first kappa shape index (κ1) is 16.8. The highest BCUT2D eigenvalue weighted by atomic mass is 16.6. The highest BCUT2D eigenvalue weighted by molar-refractivity contribution is 5.68. The molecule has 1 N–H and O–H groups in total. The Balaban J connectivity index is 1.86. The van der Waals surface area contributed by atoms with Crippen LogP contribution in [0.1, 0.15) is 57.8 Å². The van der Waals surface area contributed by atoms with Crippen molar-refractivity contribution >= 4 is 6.09 Å². The molecule has 1 aromatic heterocycles. The number of carbonyl (C=O) groups excluding carboxylic acids is 1. The number of hydrogen-bond donors (Lipinski definition) is 1. The molecule has 1 heterocycles. The largest absolute Gasteiger partial charge is 0.444 e. The molecule has 2 unspecified atom stereocenters. The van der Waals surface area contributed by atoms with E-state index < -0.39 is 5.60 Å². The van der Waals surface area contributed by atoms with Crippen LogP contribution < -0.4 is 5.32 Å². The van der Waals surface area contributed by atoms with Gasteiger partial charge in [-0.15, -0.1) is 0 Å². The Kier molecular flexibility index (Phi) is 5.14. The molecule has 1 saturated carbocycles. The molecule has 1 aromatic rings. The third-order valence-electron chi connectivity index (χ3n) is 4.30.